The Labute approximate surface area is 224 Å². The SMILES string of the molecule is CC(=O)N1CCc2ccc(OCc3nc(C(=O)NCCc4ccccn4)cs3)cc2C1c1ccc(F)cc1. The summed E-state index contributed by atoms with van der Waals surface area (Å²) < 4.78 is 19.6. The van der Waals surface area contributed by atoms with E-state index in [-0.39, 0.29) is 30.3 Å². The fourth-order valence-electron chi connectivity index (χ4n) is 4.59. The zero-order valence-electron chi connectivity index (χ0n) is 20.9. The number of nitrogens with zero attached hydrogens (tertiary/aromatic N) is 3. The molecular weight excluding hydrogens is 503 g/mol. The number of halogens is 1. The van der Waals surface area contributed by atoms with Crippen LogP contribution in [-0.2, 0) is 24.2 Å². The number of benzene rings is 2. The molecule has 38 heavy (non-hydrogen) atoms. The first-order valence-corrected chi connectivity index (χ1v) is 13.3. The first kappa shape index (κ1) is 25.5. The van der Waals surface area contributed by atoms with Crippen molar-refractivity contribution < 1.29 is 18.7 Å². The van der Waals surface area contributed by atoms with Gasteiger partial charge in [-0.15, -0.1) is 11.3 Å². The summed E-state index contributed by atoms with van der Waals surface area (Å²) in [6.07, 6.45) is 3.11. The Morgan fingerprint density at radius 1 is 1.16 bits per heavy atom. The molecule has 9 heteroatoms. The summed E-state index contributed by atoms with van der Waals surface area (Å²) >= 11 is 1.36. The minimum absolute atomic E-state index is 0.0371. The predicted octanol–water partition coefficient (Wildman–Crippen LogP) is 4.72. The summed E-state index contributed by atoms with van der Waals surface area (Å²) in [6.45, 7) is 2.83. The van der Waals surface area contributed by atoms with Gasteiger partial charge in [-0.3, -0.25) is 14.6 Å². The fourth-order valence-corrected chi connectivity index (χ4v) is 5.28. The third kappa shape index (κ3) is 5.89. The molecule has 0 bridgehead atoms. The van der Waals surface area contributed by atoms with Crippen molar-refractivity contribution in [2.24, 2.45) is 0 Å². The van der Waals surface area contributed by atoms with Crippen molar-refractivity contribution in [3.05, 3.63) is 111 Å². The second kappa shape index (κ2) is 11.5. The van der Waals surface area contributed by atoms with Crippen LogP contribution in [0.15, 0.2) is 72.2 Å². The van der Waals surface area contributed by atoms with Crippen molar-refractivity contribution in [1.82, 2.24) is 20.2 Å². The van der Waals surface area contributed by atoms with Crippen LogP contribution in [0.1, 0.15) is 50.8 Å². The van der Waals surface area contributed by atoms with E-state index >= 15 is 0 Å². The molecule has 4 aromatic rings. The molecule has 2 aromatic heterocycles. The van der Waals surface area contributed by atoms with Crippen molar-refractivity contribution >= 4 is 23.2 Å². The number of pyridine rings is 1. The van der Waals surface area contributed by atoms with Gasteiger partial charge < -0.3 is 15.0 Å². The number of ether oxygens (including phenoxy) is 1. The van der Waals surface area contributed by atoms with Gasteiger partial charge in [-0.1, -0.05) is 24.3 Å². The highest BCUT2D eigenvalue weighted by Gasteiger charge is 2.31. The van der Waals surface area contributed by atoms with Crippen LogP contribution in [0.25, 0.3) is 0 Å². The van der Waals surface area contributed by atoms with Gasteiger partial charge in [0.05, 0.1) is 6.04 Å². The van der Waals surface area contributed by atoms with Crippen LogP contribution >= 0.6 is 11.3 Å². The van der Waals surface area contributed by atoms with Gasteiger partial charge in [0.1, 0.15) is 28.9 Å². The molecule has 194 valence electrons. The van der Waals surface area contributed by atoms with Gasteiger partial charge in [-0.25, -0.2) is 9.37 Å². The van der Waals surface area contributed by atoms with E-state index in [1.54, 1.807) is 35.5 Å². The summed E-state index contributed by atoms with van der Waals surface area (Å²) in [4.78, 5) is 35.4. The molecule has 1 aliphatic rings. The Bertz CT molecular complexity index is 1430. The number of fused-ring (bicyclic) bond motifs is 1. The number of hydrogen-bond donors (Lipinski definition) is 1. The molecule has 1 atom stereocenters. The average molecular weight is 531 g/mol. The van der Waals surface area contributed by atoms with Crippen molar-refractivity contribution in [3.63, 3.8) is 0 Å². The van der Waals surface area contributed by atoms with E-state index in [0.717, 1.165) is 28.8 Å². The number of nitrogens with one attached hydrogen (secondary N) is 1. The lowest BCUT2D eigenvalue weighted by atomic mass is 9.88. The molecule has 1 aliphatic heterocycles. The van der Waals surface area contributed by atoms with Crippen molar-refractivity contribution in [1.29, 1.82) is 0 Å². The maximum atomic E-state index is 13.6. The Kier molecular flexibility index (Phi) is 7.74. The van der Waals surface area contributed by atoms with Crippen molar-refractivity contribution in [2.45, 2.75) is 32.4 Å². The van der Waals surface area contributed by atoms with E-state index < -0.39 is 0 Å². The molecule has 3 heterocycles. The second-order valence-corrected chi connectivity index (χ2v) is 9.96. The minimum atomic E-state index is -0.319. The van der Waals surface area contributed by atoms with Crippen LogP contribution in [0.2, 0.25) is 0 Å². The van der Waals surface area contributed by atoms with Crippen LogP contribution in [0.3, 0.4) is 0 Å². The lowest BCUT2D eigenvalue weighted by molar-refractivity contribution is -0.130. The molecular formula is C29H27FN4O3S. The maximum absolute atomic E-state index is 13.6. The number of hydrogen-bond acceptors (Lipinski definition) is 6. The molecule has 0 fully saturated rings. The molecule has 7 nitrogen and oxygen atoms in total. The fraction of sp³-hybridized carbons (Fsp3) is 0.241. The van der Waals surface area contributed by atoms with Crippen LogP contribution < -0.4 is 10.1 Å². The van der Waals surface area contributed by atoms with Gasteiger partial charge in [-0.2, -0.15) is 0 Å². The van der Waals surface area contributed by atoms with Gasteiger partial charge in [0, 0.05) is 43.7 Å². The molecule has 0 radical (unpaired) electrons. The van der Waals surface area contributed by atoms with E-state index in [4.69, 9.17) is 4.74 Å². The topological polar surface area (TPSA) is 84.4 Å². The number of carbonyl (C=O) groups excluding carboxylic acids is 2. The summed E-state index contributed by atoms with van der Waals surface area (Å²) in [5.74, 6) is 0.0485. The first-order valence-electron chi connectivity index (χ1n) is 12.4. The quantitative estimate of drug-likeness (QED) is 0.356. The zero-order chi connectivity index (χ0) is 26.5. The number of thiazole rings is 1. The molecule has 0 aliphatic carbocycles. The third-order valence-electron chi connectivity index (χ3n) is 6.48. The Morgan fingerprint density at radius 2 is 2.00 bits per heavy atom. The summed E-state index contributed by atoms with van der Waals surface area (Å²) in [7, 11) is 0. The van der Waals surface area contributed by atoms with Crippen molar-refractivity contribution in [2.75, 3.05) is 13.1 Å². The Balaban J connectivity index is 1.25. The van der Waals surface area contributed by atoms with Crippen molar-refractivity contribution in [3.8, 4) is 5.75 Å². The maximum Gasteiger partial charge on any atom is 0.270 e. The second-order valence-electron chi connectivity index (χ2n) is 9.02. The standard InChI is InChI=1S/C29H27FN4O3S/c1-19(35)34-15-12-20-7-10-24(16-25(20)28(34)21-5-8-22(30)9-6-21)37-17-27-33-26(18-38-27)29(36)32-14-11-23-4-2-3-13-31-23/h2-10,13,16,18,28H,11-12,14-15,17H2,1H3,(H,32,36). The number of carbonyl (C=O) groups is 2. The van der Waals surface area contributed by atoms with E-state index in [1.165, 1.54) is 23.5 Å². The highest BCUT2D eigenvalue weighted by atomic mass is 32.1. The molecule has 0 saturated carbocycles. The van der Waals surface area contributed by atoms with E-state index in [0.29, 0.717) is 36.0 Å². The van der Waals surface area contributed by atoms with E-state index in [1.807, 2.05) is 36.4 Å². The van der Waals surface area contributed by atoms with Crippen LogP contribution in [-0.4, -0.2) is 39.8 Å². The number of amides is 2. The normalized spacial score (nSPS) is 14.6. The molecule has 5 rings (SSSR count). The predicted molar refractivity (Wildman–Crippen MR) is 142 cm³/mol. The average Bonchev–Trinajstić information content (AvgIpc) is 3.41. The molecule has 2 amide bonds. The van der Waals surface area contributed by atoms with Crippen LogP contribution in [0, 0.1) is 5.82 Å². The smallest absolute Gasteiger partial charge is 0.270 e. The Hall–Kier alpha value is -4.11. The van der Waals surface area contributed by atoms with Gasteiger partial charge >= 0.3 is 0 Å². The van der Waals surface area contributed by atoms with Gasteiger partial charge in [0.2, 0.25) is 5.91 Å². The lowest BCUT2D eigenvalue weighted by Gasteiger charge is -2.37. The molecule has 0 saturated heterocycles. The highest BCUT2D eigenvalue weighted by Crippen LogP contribution is 2.37. The zero-order valence-corrected chi connectivity index (χ0v) is 21.7. The summed E-state index contributed by atoms with van der Waals surface area (Å²) in [5.41, 5.74) is 4.20. The number of rotatable bonds is 8. The van der Waals surface area contributed by atoms with Crippen LogP contribution in [0.4, 0.5) is 4.39 Å². The highest BCUT2D eigenvalue weighted by molar-refractivity contribution is 7.09. The van der Waals surface area contributed by atoms with Crippen LogP contribution in [0.5, 0.6) is 5.75 Å². The third-order valence-corrected chi connectivity index (χ3v) is 7.30. The summed E-state index contributed by atoms with van der Waals surface area (Å²) in [5, 5.41) is 5.27. The van der Waals surface area contributed by atoms with Gasteiger partial charge in [0.25, 0.3) is 5.91 Å². The molecule has 1 N–H and O–H groups in total. The summed E-state index contributed by atoms with van der Waals surface area (Å²) in [6, 6.07) is 17.5. The molecule has 2 aromatic carbocycles. The first-order chi connectivity index (χ1) is 18.5. The van der Waals surface area contributed by atoms with Gasteiger partial charge in [-0.05, 0) is 59.5 Å². The van der Waals surface area contributed by atoms with E-state index in [9.17, 15) is 14.0 Å². The Morgan fingerprint density at radius 3 is 2.76 bits per heavy atom. The van der Waals surface area contributed by atoms with Gasteiger partial charge in [0.15, 0.2) is 0 Å². The molecule has 1 unspecified atom stereocenters. The number of aromatic nitrogens is 2. The monoisotopic (exact) mass is 530 g/mol. The van der Waals surface area contributed by atoms with E-state index in [2.05, 4.69) is 15.3 Å². The minimum Gasteiger partial charge on any atom is -0.486 e. The molecule has 0 spiro atoms. The lowest BCUT2D eigenvalue weighted by Crippen LogP contribution is -2.39. The largest absolute Gasteiger partial charge is 0.486 e.